The molecule has 2 aromatic carbocycles. The quantitative estimate of drug-likeness (QED) is 0.562. The number of benzene rings is 2. The van der Waals surface area contributed by atoms with Gasteiger partial charge >= 0.3 is 0 Å². The molecule has 3 N–H and O–H groups in total. The van der Waals surface area contributed by atoms with Gasteiger partial charge in [0.05, 0.1) is 5.52 Å². The molecule has 0 saturated carbocycles. The Morgan fingerprint density at radius 1 is 1.11 bits per heavy atom. The second-order valence-electron chi connectivity index (χ2n) is 6.72. The lowest BCUT2D eigenvalue weighted by Crippen LogP contribution is -2.27. The van der Waals surface area contributed by atoms with Crippen LogP contribution in [0.5, 0.6) is 0 Å². The van der Waals surface area contributed by atoms with E-state index < -0.39 is 0 Å². The van der Waals surface area contributed by atoms with E-state index >= 15 is 0 Å². The average molecular weight is 371 g/mol. The fourth-order valence-corrected chi connectivity index (χ4v) is 3.30. The molecule has 0 spiro atoms. The number of hydrogen-bond acceptors (Lipinski definition) is 4. The molecule has 1 atom stereocenters. The van der Waals surface area contributed by atoms with Crippen LogP contribution >= 0.6 is 0 Å². The largest absolute Gasteiger partial charge is 0.368 e. The van der Waals surface area contributed by atoms with Crippen LogP contribution in [0.3, 0.4) is 0 Å². The number of amides is 1. The molecule has 1 unspecified atom stereocenters. The molecule has 6 heteroatoms. The fourth-order valence-electron chi connectivity index (χ4n) is 3.30. The first-order valence-corrected chi connectivity index (χ1v) is 9.15. The van der Waals surface area contributed by atoms with Gasteiger partial charge in [-0.2, -0.15) is 4.98 Å². The molecular formula is C22H21N5O. The van der Waals surface area contributed by atoms with Crippen molar-refractivity contribution >= 4 is 22.8 Å². The number of hydrogen-bond donors (Lipinski definition) is 2. The minimum absolute atomic E-state index is 0.0895. The first-order chi connectivity index (χ1) is 13.6. The second kappa shape index (κ2) is 7.52. The summed E-state index contributed by atoms with van der Waals surface area (Å²) in [6, 6.07) is 19.5. The average Bonchev–Trinajstić information content (AvgIpc) is 3.16. The van der Waals surface area contributed by atoms with Gasteiger partial charge in [-0.1, -0.05) is 43.3 Å². The van der Waals surface area contributed by atoms with Crippen LogP contribution in [0.4, 0.5) is 5.95 Å². The molecule has 140 valence electrons. The van der Waals surface area contributed by atoms with E-state index in [1.807, 2.05) is 53.2 Å². The van der Waals surface area contributed by atoms with E-state index in [9.17, 15) is 4.79 Å². The maximum atomic E-state index is 12.8. The predicted octanol–water partition coefficient (Wildman–Crippen LogP) is 3.54. The van der Waals surface area contributed by atoms with Gasteiger partial charge in [-0.05, 0) is 35.7 Å². The zero-order valence-electron chi connectivity index (χ0n) is 15.5. The van der Waals surface area contributed by atoms with Crippen LogP contribution < -0.4 is 11.1 Å². The third-order valence-electron chi connectivity index (χ3n) is 4.82. The molecule has 2 aromatic heterocycles. The molecule has 6 nitrogen and oxygen atoms in total. The highest BCUT2D eigenvalue weighted by molar-refractivity contribution is 6.06. The van der Waals surface area contributed by atoms with Gasteiger partial charge in [-0.25, -0.2) is 4.98 Å². The first-order valence-electron chi connectivity index (χ1n) is 9.15. The van der Waals surface area contributed by atoms with Crippen molar-refractivity contribution in [3.05, 3.63) is 84.2 Å². The van der Waals surface area contributed by atoms with Crippen LogP contribution in [-0.4, -0.2) is 27.0 Å². The van der Waals surface area contributed by atoms with Crippen LogP contribution in [0.15, 0.2) is 73.1 Å². The Labute approximate surface area is 163 Å². The summed E-state index contributed by atoms with van der Waals surface area (Å²) in [5.41, 5.74) is 8.43. The van der Waals surface area contributed by atoms with Gasteiger partial charge in [-0.15, -0.1) is 0 Å². The number of anilines is 1. The number of carbonyl (C=O) groups excluding carboxylic acids is 1. The van der Waals surface area contributed by atoms with E-state index in [-0.39, 0.29) is 17.8 Å². The smallest absolute Gasteiger partial charge is 0.251 e. The molecule has 4 rings (SSSR count). The molecule has 1 amide bonds. The fraction of sp³-hybridized carbons (Fsp3) is 0.136. The summed E-state index contributed by atoms with van der Waals surface area (Å²) >= 11 is 0. The van der Waals surface area contributed by atoms with Crippen molar-refractivity contribution in [2.24, 2.45) is 0 Å². The van der Waals surface area contributed by atoms with E-state index in [0.29, 0.717) is 17.9 Å². The predicted molar refractivity (Wildman–Crippen MR) is 110 cm³/mol. The van der Waals surface area contributed by atoms with Gasteiger partial charge in [0.2, 0.25) is 5.95 Å². The topological polar surface area (TPSA) is 85.8 Å². The molecule has 0 radical (unpaired) electrons. The van der Waals surface area contributed by atoms with Crippen molar-refractivity contribution in [2.75, 3.05) is 12.3 Å². The Kier molecular flexibility index (Phi) is 4.76. The Morgan fingerprint density at radius 2 is 1.93 bits per heavy atom. The highest BCUT2D eigenvalue weighted by atomic mass is 16.1. The van der Waals surface area contributed by atoms with Gasteiger partial charge in [-0.3, -0.25) is 4.79 Å². The molecule has 0 aliphatic carbocycles. The molecule has 0 aliphatic rings. The van der Waals surface area contributed by atoms with Gasteiger partial charge in [0.25, 0.3) is 5.91 Å². The first kappa shape index (κ1) is 17.7. The lowest BCUT2D eigenvalue weighted by molar-refractivity contribution is 0.0953. The molecule has 0 aliphatic heterocycles. The van der Waals surface area contributed by atoms with Crippen molar-refractivity contribution < 1.29 is 4.79 Å². The highest BCUT2D eigenvalue weighted by Crippen LogP contribution is 2.23. The summed E-state index contributed by atoms with van der Waals surface area (Å²) in [5.74, 6) is 1.02. The summed E-state index contributed by atoms with van der Waals surface area (Å²) < 4.78 is 1.90. The van der Waals surface area contributed by atoms with Crippen LogP contribution in [0.1, 0.15) is 28.8 Å². The van der Waals surface area contributed by atoms with Crippen LogP contribution in [0.25, 0.3) is 16.7 Å². The number of fused-ring (bicyclic) bond motifs is 1. The Bertz CT molecular complexity index is 1120. The normalized spacial score (nSPS) is 12.0. The molecule has 0 saturated heterocycles. The van der Waals surface area contributed by atoms with Gasteiger partial charge < -0.3 is 15.6 Å². The maximum absolute atomic E-state index is 12.8. The summed E-state index contributed by atoms with van der Waals surface area (Å²) in [4.78, 5) is 21.0. The number of carbonyl (C=O) groups is 1. The van der Waals surface area contributed by atoms with E-state index in [1.165, 1.54) is 5.56 Å². The number of aromatic nitrogens is 3. The summed E-state index contributed by atoms with van der Waals surface area (Å²) in [6.45, 7) is 2.68. The van der Waals surface area contributed by atoms with E-state index in [1.54, 1.807) is 12.3 Å². The Balaban J connectivity index is 1.58. The number of nitrogen functional groups attached to an aromatic ring is 1. The van der Waals surface area contributed by atoms with Crippen molar-refractivity contribution in [3.8, 4) is 5.82 Å². The van der Waals surface area contributed by atoms with Crippen LogP contribution in [0, 0.1) is 0 Å². The zero-order chi connectivity index (χ0) is 19.5. The molecule has 28 heavy (non-hydrogen) atoms. The zero-order valence-corrected chi connectivity index (χ0v) is 15.5. The number of nitrogens with two attached hydrogens (primary N) is 1. The lowest BCUT2D eigenvalue weighted by Gasteiger charge is -2.13. The number of rotatable bonds is 5. The van der Waals surface area contributed by atoms with Gasteiger partial charge in [0.15, 0.2) is 0 Å². The highest BCUT2D eigenvalue weighted by Gasteiger charge is 2.14. The van der Waals surface area contributed by atoms with E-state index in [0.717, 1.165) is 10.9 Å². The Hall–Kier alpha value is -3.67. The van der Waals surface area contributed by atoms with Crippen LogP contribution in [-0.2, 0) is 0 Å². The summed E-state index contributed by atoms with van der Waals surface area (Å²) in [5, 5.41) is 3.92. The van der Waals surface area contributed by atoms with E-state index in [2.05, 4.69) is 34.3 Å². The second-order valence-corrected chi connectivity index (χ2v) is 6.72. The lowest BCUT2D eigenvalue weighted by atomic mass is 10.0. The minimum atomic E-state index is -0.0895. The number of nitrogens with one attached hydrogen (secondary N) is 1. The van der Waals surface area contributed by atoms with Gasteiger partial charge in [0.1, 0.15) is 5.82 Å². The monoisotopic (exact) mass is 371 g/mol. The summed E-state index contributed by atoms with van der Waals surface area (Å²) in [6.07, 6.45) is 3.50. The van der Waals surface area contributed by atoms with E-state index in [4.69, 9.17) is 5.73 Å². The molecule has 2 heterocycles. The SMILES string of the molecule is CC(CNC(=O)c1cccc2c1ccn2-c1ccnc(N)n1)c1ccccc1. The minimum Gasteiger partial charge on any atom is -0.368 e. The van der Waals surface area contributed by atoms with Crippen molar-refractivity contribution in [3.63, 3.8) is 0 Å². The molecular weight excluding hydrogens is 350 g/mol. The number of nitrogens with zero attached hydrogens (tertiary/aromatic N) is 3. The standard InChI is InChI=1S/C22H21N5O/c1-15(16-6-3-2-4-7-16)14-25-21(28)18-8-5-9-19-17(18)11-13-27(19)20-10-12-24-22(23)26-20/h2-13,15H,14H2,1H3,(H,25,28)(H2,23,24,26). The maximum Gasteiger partial charge on any atom is 0.251 e. The third-order valence-corrected chi connectivity index (χ3v) is 4.82. The van der Waals surface area contributed by atoms with Crippen LogP contribution in [0.2, 0.25) is 0 Å². The third kappa shape index (κ3) is 3.44. The van der Waals surface area contributed by atoms with Gasteiger partial charge in [0, 0.05) is 29.9 Å². The molecule has 0 bridgehead atoms. The molecule has 4 aromatic rings. The summed E-state index contributed by atoms with van der Waals surface area (Å²) in [7, 11) is 0. The van der Waals surface area contributed by atoms with Crippen molar-refractivity contribution in [1.29, 1.82) is 0 Å². The van der Waals surface area contributed by atoms with Crippen molar-refractivity contribution in [2.45, 2.75) is 12.8 Å². The molecule has 0 fully saturated rings. The Morgan fingerprint density at radius 3 is 2.71 bits per heavy atom. The van der Waals surface area contributed by atoms with Crippen molar-refractivity contribution in [1.82, 2.24) is 19.9 Å².